The second-order valence-electron chi connectivity index (χ2n) is 6.96. The molecule has 150 valence electrons. The van der Waals surface area contributed by atoms with Crippen molar-refractivity contribution in [3.05, 3.63) is 41.0 Å². The van der Waals surface area contributed by atoms with E-state index in [1.807, 2.05) is 31.4 Å². The lowest BCUT2D eigenvalue weighted by molar-refractivity contribution is 0.108. The predicted molar refractivity (Wildman–Crippen MR) is 112 cm³/mol. The molecule has 0 aliphatic rings. The minimum absolute atomic E-state index is 0.176. The maximum atomic E-state index is 9.86. The van der Waals surface area contributed by atoms with Crippen LogP contribution >= 0.6 is 11.6 Å². The summed E-state index contributed by atoms with van der Waals surface area (Å²) in [5.74, 6) is 1.72. The molecule has 3 rings (SSSR count). The van der Waals surface area contributed by atoms with Gasteiger partial charge >= 0.3 is 0 Å². The number of anilines is 1. The van der Waals surface area contributed by atoms with E-state index in [2.05, 4.69) is 29.6 Å². The van der Waals surface area contributed by atoms with Gasteiger partial charge in [0.15, 0.2) is 5.65 Å². The van der Waals surface area contributed by atoms with Gasteiger partial charge in [0.05, 0.1) is 11.9 Å². The van der Waals surface area contributed by atoms with Gasteiger partial charge in [0, 0.05) is 35.8 Å². The highest BCUT2D eigenvalue weighted by Gasteiger charge is 2.15. The molecule has 0 radical (unpaired) electrons. The molecule has 0 aliphatic heterocycles. The molecule has 2 aromatic heterocycles. The van der Waals surface area contributed by atoms with Crippen molar-refractivity contribution in [1.82, 2.24) is 19.9 Å². The number of hydrogen-bond donors (Lipinski definition) is 3. The van der Waals surface area contributed by atoms with Crippen LogP contribution in [0.2, 0.25) is 5.02 Å². The maximum absolute atomic E-state index is 9.86. The quantitative estimate of drug-likeness (QED) is 0.535. The number of likely N-dealkylation sites (N-methyl/N-ethyl adjacent to an activating group) is 1. The van der Waals surface area contributed by atoms with E-state index >= 15 is 0 Å². The van der Waals surface area contributed by atoms with Crippen LogP contribution in [0.4, 0.5) is 5.82 Å². The summed E-state index contributed by atoms with van der Waals surface area (Å²) in [4.78, 5) is 4.83. The zero-order valence-corrected chi connectivity index (χ0v) is 17.3. The molecule has 8 heteroatoms. The number of halogens is 1. The van der Waals surface area contributed by atoms with E-state index in [0.717, 1.165) is 28.3 Å². The Balaban J connectivity index is 2.00. The van der Waals surface area contributed by atoms with E-state index in [1.165, 1.54) is 0 Å². The van der Waals surface area contributed by atoms with Crippen molar-refractivity contribution in [2.45, 2.75) is 25.9 Å². The standard InChI is InChI=1S/C20H26ClN5O2/c1-12(2)17-10-24-26-19(23-4)8-18(25-20(17)26)13-5-14(21)7-16(6-13)28-11-15(27)9-22-3/h5-8,10,12,15,22-23,27H,9,11H2,1-4H3. The smallest absolute Gasteiger partial charge is 0.161 e. The summed E-state index contributed by atoms with van der Waals surface area (Å²) in [5, 5.41) is 20.9. The summed E-state index contributed by atoms with van der Waals surface area (Å²) >= 11 is 6.31. The highest BCUT2D eigenvalue weighted by molar-refractivity contribution is 6.31. The molecule has 0 aliphatic carbocycles. The van der Waals surface area contributed by atoms with E-state index < -0.39 is 6.10 Å². The number of aromatic nitrogens is 3. The molecule has 0 fully saturated rings. The van der Waals surface area contributed by atoms with Gasteiger partial charge in [0.2, 0.25) is 0 Å². The molecule has 0 amide bonds. The molecule has 3 aromatic rings. The van der Waals surface area contributed by atoms with Crippen LogP contribution < -0.4 is 15.4 Å². The van der Waals surface area contributed by atoms with E-state index in [4.69, 9.17) is 21.3 Å². The van der Waals surface area contributed by atoms with Crippen molar-refractivity contribution in [1.29, 1.82) is 0 Å². The highest BCUT2D eigenvalue weighted by atomic mass is 35.5. The van der Waals surface area contributed by atoms with Crippen molar-refractivity contribution in [3.8, 4) is 17.0 Å². The highest BCUT2D eigenvalue weighted by Crippen LogP contribution is 2.31. The summed E-state index contributed by atoms with van der Waals surface area (Å²) in [7, 11) is 3.63. The zero-order valence-electron chi connectivity index (χ0n) is 16.5. The summed E-state index contributed by atoms with van der Waals surface area (Å²) in [5.41, 5.74) is 3.48. The Kier molecular flexibility index (Phi) is 6.39. The first-order valence-corrected chi connectivity index (χ1v) is 9.63. The summed E-state index contributed by atoms with van der Waals surface area (Å²) in [6, 6.07) is 7.38. The van der Waals surface area contributed by atoms with Crippen LogP contribution in [0.5, 0.6) is 5.75 Å². The topological polar surface area (TPSA) is 83.7 Å². The number of hydrogen-bond acceptors (Lipinski definition) is 6. The van der Waals surface area contributed by atoms with Gasteiger partial charge in [-0.05, 0) is 31.2 Å². The van der Waals surface area contributed by atoms with Crippen LogP contribution in [0.1, 0.15) is 25.3 Å². The number of aliphatic hydroxyl groups excluding tert-OH is 1. The van der Waals surface area contributed by atoms with Crippen molar-refractivity contribution in [3.63, 3.8) is 0 Å². The van der Waals surface area contributed by atoms with Crippen LogP contribution in [0.15, 0.2) is 30.5 Å². The lowest BCUT2D eigenvalue weighted by atomic mass is 10.1. The van der Waals surface area contributed by atoms with Crippen LogP contribution in [0.3, 0.4) is 0 Å². The molecular formula is C20H26ClN5O2. The first-order chi connectivity index (χ1) is 13.4. The molecule has 0 saturated heterocycles. The monoisotopic (exact) mass is 403 g/mol. The fourth-order valence-electron chi connectivity index (χ4n) is 2.99. The molecule has 0 spiro atoms. The van der Waals surface area contributed by atoms with E-state index in [9.17, 15) is 5.11 Å². The molecule has 1 aromatic carbocycles. The molecule has 1 atom stereocenters. The number of fused-ring (bicyclic) bond motifs is 1. The average molecular weight is 404 g/mol. The molecule has 28 heavy (non-hydrogen) atoms. The van der Waals surface area contributed by atoms with Crippen molar-refractivity contribution in [2.24, 2.45) is 0 Å². The number of nitrogens with one attached hydrogen (secondary N) is 2. The third-order valence-electron chi connectivity index (χ3n) is 4.43. The number of aliphatic hydroxyl groups is 1. The van der Waals surface area contributed by atoms with E-state index in [0.29, 0.717) is 23.2 Å². The summed E-state index contributed by atoms with van der Waals surface area (Å²) < 4.78 is 7.52. The largest absolute Gasteiger partial charge is 0.491 e. The molecule has 0 bridgehead atoms. The zero-order chi connectivity index (χ0) is 20.3. The SMILES string of the molecule is CNCC(O)COc1cc(Cl)cc(-c2cc(NC)n3ncc(C(C)C)c3n2)c1. The van der Waals surface area contributed by atoms with Gasteiger partial charge in [-0.1, -0.05) is 25.4 Å². The molecule has 0 saturated carbocycles. The number of nitrogens with zero attached hydrogens (tertiary/aromatic N) is 3. The minimum Gasteiger partial charge on any atom is -0.491 e. The lowest BCUT2D eigenvalue weighted by Crippen LogP contribution is -2.29. The fourth-order valence-corrected chi connectivity index (χ4v) is 3.22. The Morgan fingerprint density at radius 3 is 2.68 bits per heavy atom. The Hall–Kier alpha value is -2.35. The van der Waals surface area contributed by atoms with Crippen LogP contribution in [-0.4, -0.2) is 53.1 Å². The van der Waals surface area contributed by atoms with Crippen molar-refractivity contribution in [2.75, 3.05) is 32.6 Å². The second kappa shape index (κ2) is 8.77. The Morgan fingerprint density at radius 1 is 1.21 bits per heavy atom. The van der Waals surface area contributed by atoms with Gasteiger partial charge in [0.25, 0.3) is 0 Å². The number of rotatable bonds is 8. The Labute approximate surface area is 169 Å². The third-order valence-corrected chi connectivity index (χ3v) is 4.64. The lowest BCUT2D eigenvalue weighted by Gasteiger charge is -2.14. The van der Waals surface area contributed by atoms with Crippen LogP contribution in [0.25, 0.3) is 16.9 Å². The van der Waals surface area contributed by atoms with Crippen molar-refractivity contribution >= 4 is 23.1 Å². The van der Waals surface area contributed by atoms with Crippen LogP contribution in [-0.2, 0) is 0 Å². The maximum Gasteiger partial charge on any atom is 0.161 e. The number of ether oxygens (including phenoxy) is 1. The third kappa shape index (κ3) is 4.38. The van der Waals surface area contributed by atoms with Gasteiger partial charge in [-0.3, -0.25) is 0 Å². The normalized spacial score (nSPS) is 12.5. The predicted octanol–water partition coefficient (Wildman–Crippen LogP) is 3.17. The number of benzene rings is 1. The molecular weight excluding hydrogens is 378 g/mol. The average Bonchev–Trinajstić information content (AvgIpc) is 3.09. The van der Waals surface area contributed by atoms with Gasteiger partial charge in [0.1, 0.15) is 24.3 Å². The van der Waals surface area contributed by atoms with Gasteiger partial charge in [-0.2, -0.15) is 9.61 Å². The minimum atomic E-state index is -0.599. The fraction of sp³-hybridized carbons (Fsp3) is 0.400. The molecule has 7 nitrogen and oxygen atoms in total. The van der Waals surface area contributed by atoms with Crippen LogP contribution in [0, 0.1) is 0 Å². The first kappa shape index (κ1) is 20.4. The van der Waals surface area contributed by atoms with Gasteiger partial charge in [-0.25, -0.2) is 4.98 Å². The van der Waals surface area contributed by atoms with E-state index in [-0.39, 0.29) is 6.61 Å². The summed E-state index contributed by atoms with van der Waals surface area (Å²) in [6.07, 6.45) is 1.26. The first-order valence-electron chi connectivity index (χ1n) is 9.25. The molecule has 1 unspecified atom stereocenters. The van der Waals surface area contributed by atoms with E-state index in [1.54, 1.807) is 17.6 Å². The Morgan fingerprint density at radius 2 is 2.00 bits per heavy atom. The molecule has 3 N–H and O–H groups in total. The summed E-state index contributed by atoms with van der Waals surface area (Å²) in [6.45, 7) is 4.86. The second-order valence-corrected chi connectivity index (χ2v) is 7.40. The van der Waals surface area contributed by atoms with Gasteiger partial charge in [-0.15, -0.1) is 0 Å². The van der Waals surface area contributed by atoms with Crippen molar-refractivity contribution < 1.29 is 9.84 Å². The Bertz CT molecular complexity index is 957. The molecule has 2 heterocycles. The van der Waals surface area contributed by atoms with Gasteiger partial charge < -0.3 is 20.5 Å².